The Morgan fingerprint density at radius 1 is 1.62 bits per heavy atom. The van der Waals surface area contributed by atoms with E-state index in [4.69, 9.17) is 5.73 Å². The van der Waals surface area contributed by atoms with E-state index in [1.807, 2.05) is 0 Å². The number of halogens is 1. The molecule has 0 spiro atoms. The van der Waals surface area contributed by atoms with Crippen LogP contribution >= 0.6 is 0 Å². The molecule has 4 nitrogen and oxygen atoms in total. The number of anilines is 1. The number of carbonyl (C=O) groups excluding carboxylic acids is 1. The maximum atomic E-state index is 12.9. The molecule has 0 aliphatic rings. The van der Waals surface area contributed by atoms with Crippen molar-refractivity contribution in [1.82, 2.24) is 0 Å². The van der Waals surface area contributed by atoms with Gasteiger partial charge in [0.05, 0.1) is 7.11 Å². The molecule has 0 aliphatic carbocycles. The second kappa shape index (κ2) is 5.46. The number of nitrogens with zero attached hydrogens (tertiary/aromatic N) is 1. The van der Waals surface area contributed by atoms with Crippen molar-refractivity contribution in [2.24, 2.45) is 5.73 Å². The molecule has 0 aromatic heterocycles. The predicted molar refractivity (Wildman–Crippen MR) is 59.7 cm³/mol. The number of ether oxygens (including phenoxy) is 1. The molecule has 0 bridgehead atoms. The number of nitrogens with two attached hydrogens (primary N) is 1. The number of methoxy groups -OCH3 is 1. The number of likely N-dealkylation sites (N-methyl/N-ethyl adjacent to an activating group) is 1. The molecule has 0 aliphatic heterocycles. The van der Waals surface area contributed by atoms with Crippen molar-refractivity contribution in [3.63, 3.8) is 0 Å². The second-order valence-corrected chi connectivity index (χ2v) is 3.49. The van der Waals surface area contributed by atoms with Gasteiger partial charge in [-0.15, -0.1) is 0 Å². The van der Waals surface area contributed by atoms with Crippen LogP contribution in [-0.4, -0.2) is 32.7 Å². The van der Waals surface area contributed by atoms with Crippen LogP contribution in [0.25, 0.3) is 0 Å². The quantitative estimate of drug-likeness (QED) is 0.770. The third-order valence-electron chi connectivity index (χ3n) is 2.22. The summed E-state index contributed by atoms with van der Waals surface area (Å²) in [5.74, 6) is -0.806. The van der Waals surface area contributed by atoms with Crippen LogP contribution in [0.5, 0.6) is 0 Å². The van der Waals surface area contributed by atoms with E-state index in [-0.39, 0.29) is 12.4 Å². The molecule has 5 heteroatoms. The monoisotopic (exact) mass is 226 g/mol. The average molecular weight is 226 g/mol. The van der Waals surface area contributed by atoms with Gasteiger partial charge in [0.15, 0.2) is 0 Å². The highest BCUT2D eigenvalue weighted by Gasteiger charge is 2.16. The van der Waals surface area contributed by atoms with Crippen LogP contribution in [0, 0.1) is 5.82 Å². The molecule has 1 aromatic carbocycles. The third-order valence-corrected chi connectivity index (χ3v) is 2.22. The minimum absolute atomic E-state index is 0.274. The van der Waals surface area contributed by atoms with E-state index in [1.165, 1.54) is 19.2 Å². The molecular formula is C11H15FN2O2. The van der Waals surface area contributed by atoms with Crippen molar-refractivity contribution in [2.45, 2.75) is 6.04 Å². The first-order chi connectivity index (χ1) is 7.54. The first kappa shape index (κ1) is 12.4. The Labute approximate surface area is 93.8 Å². The van der Waals surface area contributed by atoms with Gasteiger partial charge in [-0.05, 0) is 18.2 Å². The largest absolute Gasteiger partial charge is 0.468 e. The standard InChI is InChI=1S/C11H15FN2O2/c1-14(7-10(13)11(15)16-2)9-5-3-4-8(12)6-9/h3-6,10H,7,13H2,1-2H3. The maximum absolute atomic E-state index is 12.9. The summed E-state index contributed by atoms with van der Waals surface area (Å²) in [6.07, 6.45) is 0. The number of hydrogen-bond acceptors (Lipinski definition) is 4. The number of rotatable bonds is 4. The highest BCUT2D eigenvalue weighted by molar-refractivity contribution is 5.76. The van der Waals surface area contributed by atoms with Gasteiger partial charge in [-0.3, -0.25) is 4.79 Å². The van der Waals surface area contributed by atoms with Gasteiger partial charge >= 0.3 is 5.97 Å². The number of esters is 1. The van der Waals surface area contributed by atoms with Gasteiger partial charge in [0.1, 0.15) is 11.9 Å². The normalized spacial score (nSPS) is 12.0. The molecule has 16 heavy (non-hydrogen) atoms. The highest BCUT2D eigenvalue weighted by atomic mass is 19.1. The Balaban J connectivity index is 2.65. The molecule has 1 atom stereocenters. The van der Waals surface area contributed by atoms with Crippen molar-refractivity contribution in [3.05, 3.63) is 30.1 Å². The average Bonchev–Trinajstić information content (AvgIpc) is 2.27. The number of benzene rings is 1. The number of carbonyl (C=O) groups is 1. The fraction of sp³-hybridized carbons (Fsp3) is 0.364. The molecule has 1 unspecified atom stereocenters. The molecule has 88 valence electrons. The Hall–Kier alpha value is -1.62. The van der Waals surface area contributed by atoms with E-state index in [0.717, 1.165) is 0 Å². The molecule has 1 aromatic rings. The van der Waals surface area contributed by atoms with Gasteiger partial charge in [0.25, 0.3) is 0 Å². The SMILES string of the molecule is COC(=O)C(N)CN(C)c1cccc(F)c1. The zero-order chi connectivity index (χ0) is 12.1. The van der Waals surface area contributed by atoms with E-state index < -0.39 is 12.0 Å². The lowest BCUT2D eigenvalue weighted by molar-refractivity contribution is -0.141. The predicted octanol–water partition coefficient (Wildman–Crippen LogP) is 0.762. The summed E-state index contributed by atoms with van der Waals surface area (Å²) < 4.78 is 17.4. The van der Waals surface area contributed by atoms with E-state index in [9.17, 15) is 9.18 Å². The molecule has 0 saturated heterocycles. The fourth-order valence-electron chi connectivity index (χ4n) is 1.34. The first-order valence-corrected chi connectivity index (χ1v) is 4.84. The van der Waals surface area contributed by atoms with E-state index >= 15 is 0 Å². The molecule has 2 N–H and O–H groups in total. The lowest BCUT2D eigenvalue weighted by Crippen LogP contribution is -2.42. The third kappa shape index (κ3) is 3.20. The minimum Gasteiger partial charge on any atom is -0.468 e. The van der Waals surface area contributed by atoms with Crippen molar-refractivity contribution in [2.75, 3.05) is 25.6 Å². The molecule has 0 radical (unpaired) electrons. The molecule has 0 heterocycles. The van der Waals surface area contributed by atoms with Gasteiger partial charge in [-0.1, -0.05) is 6.07 Å². The van der Waals surface area contributed by atoms with Crippen LogP contribution in [0.1, 0.15) is 0 Å². The van der Waals surface area contributed by atoms with Crippen LogP contribution in [0.15, 0.2) is 24.3 Å². The van der Waals surface area contributed by atoms with E-state index in [1.54, 1.807) is 24.1 Å². The van der Waals surface area contributed by atoms with E-state index in [2.05, 4.69) is 4.74 Å². The lowest BCUT2D eigenvalue weighted by atomic mass is 10.2. The Kier molecular flexibility index (Phi) is 4.25. The summed E-state index contributed by atoms with van der Waals surface area (Å²) >= 11 is 0. The summed E-state index contributed by atoms with van der Waals surface area (Å²) in [4.78, 5) is 12.8. The topological polar surface area (TPSA) is 55.6 Å². The lowest BCUT2D eigenvalue weighted by Gasteiger charge is -2.22. The zero-order valence-corrected chi connectivity index (χ0v) is 9.31. The van der Waals surface area contributed by atoms with Crippen LogP contribution in [0.3, 0.4) is 0 Å². The van der Waals surface area contributed by atoms with Gasteiger partial charge in [0.2, 0.25) is 0 Å². The fourth-order valence-corrected chi connectivity index (χ4v) is 1.34. The summed E-state index contributed by atoms with van der Waals surface area (Å²) in [6, 6.07) is 5.35. The second-order valence-electron chi connectivity index (χ2n) is 3.49. The van der Waals surface area contributed by atoms with Gasteiger partial charge < -0.3 is 15.4 Å². The first-order valence-electron chi connectivity index (χ1n) is 4.84. The zero-order valence-electron chi connectivity index (χ0n) is 9.31. The molecular weight excluding hydrogens is 211 g/mol. The molecule has 0 saturated carbocycles. The summed E-state index contributed by atoms with van der Waals surface area (Å²) in [6.45, 7) is 0.274. The molecule has 1 rings (SSSR count). The smallest absolute Gasteiger partial charge is 0.324 e. The van der Waals surface area contributed by atoms with E-state index in [0.29, 0.717) is 5.69 Å². The van der Waals surface area contributed by atoms with Crippen LogP contribution in [0.2, 0.25) is 0 Å². The van der Waals surface area contributed by atoms with Crippen molar-refractivity contribution in [3.8, 4) is 0 Å². The molecule has 0 amide bonds. The summed E-state index contributed by atoms with van der Waals surface area (Å²) in [5, 5.41) is 0. The van der Waals surface area contributed by atoms with Crippen LogP contribution in [0.4, 0.5) is 10.1 Å². The van der Waals surface area contributed by atoms with Crippen molar-refractivity contribution >= 4 is 11.7 Å². The van der Waals surface area contributed by atoms with Gasteiger partial charge in [-0.25, -0.2) is 4.39 Å². The maximum Gasteiger partial charge on any atom is 0.324 e. The van der Waals surface area contributed by atoms with Crippen molar-refractivity contribution < 1.29 is 13.9 Å². The minimum atomic E-state index is -0.738. The van der Waals surface area contributed by atoms with Gasteiger partial charge in [-0.2, -0.15) is 0 Å². The Bertz CT molecular complexity index is 371. The van der Waals surface area contributed by atoms with Crippen LogP contribution < -0.4 is 10.6 Å². The van der Waals surface area contributed by atoms with Crippen molar-refractivity contribution in [1.29, 1.82) is 0 Å². The van der Waals surface area contributed by atoms with Crippen LogP contribution in [-0.2, 0) is 9.53 Å². The van der Waals surface area contributed by atoms with Gasteiger partial charge in [0, 0.05) is 19.3 Å². The summed E-state index contributed by atoms with van der Waals surface area (Å²) in [5.41, 5.74) is 6.26. The molecule has 0 fully saturated rings. The summed E-state index contributed by atoms with van der Waals surface area (Å²) in [7, 11) is 3.02. The Morgan fingerprint density at radius 2 is 2.31 bits per heavy atom. The number of hydrogen-bond donors (Lipinski definition) is 1. The Morgan fingerprint density at radius 3 is 2.88 bits per heavy atom. The highest BCUT2D eigenvalue weighted by Crippen LogP contribution is 2.13.